The molecule has 2 aromatic rings. The van der Waals surface area contributed by atoms with E-state index in [0.717, 1.165) is 32.1 Å². The second-order valence-corrected chi connectivity index (χ2v) is 8.24. The topological polar surface area (TPSA) is 87.4 Å². The molecule has 0 spiro atoms. The lowest BCUT2D eigenvalue weighted by atomic mass is 10.0. The van der Waals surface area contributed by atoms with E-state index in [1.807, 2.05) is 11.9 Å². The average molecular weight is 453 g/mol. The maximum Gasteiger partial charge on any atom is 0.207 e. The minimum Gasteiger partial charge on any atom is -0.381 e. The second-order valence-electron chi connectivity index (χ2n) is 7.81. The molecule has 2 atom stereocenters. The fourth-order valence-electron chi connectivity index (χ4n) is 3.87. The van der Waals surface area contributed by atoms with Crippen LogP contribution in [-0.4, -0.2) is 59.9 Å². The monoisotopic (exact) mass is 452 g/mol. The van der Waals surface area contributed by atoms with Gasteiger partial charge in [-0.1, -0.05) is 11.6 Å². The lowest BCUT2D eigenvalue weighted by Crippen LogP contribution is -2.47. The average Bonchev–Trinajstić information content (AvgIpc) is 2.74. The summed E-state index contributed by atoms with van der Waals surface area (Å²) in [5, 5.41) is 3.29. The molecule has 0 saturated carbocycles. The van der Waals surface area contributed by atoms with Crippen LogP contribution in [0.1, 0.15) is 25.7 Å². The van der Waals surface area contributed by atoms with Crippen LogP contribution >= 0.6 is 11.6 Å². The van der Waals surface area contributed by atoms with Gasteiger partial charge in [0.2, 0.25) is 5.82 Å². The van der Waals surface area contributed by atoms with Gasteiger partial charge >= 0.3 is 0 Å². The van der Waals surface area contributed by atoms with Gasteiger partial charge in [-0.3, -0.25) is 0 Å². The summed E-state index contributed by atoms with van der Waals surface area (Å²) in [6.45, 7) is 2.12. The van der Waals surface area contributed by atoms with Crippen LogP contribution in [0, 0.1) is 11.6 Å². The number of hydrogen-bond acceptors (Lipinski definition) is 7. The molecule has 31 heavy (non-hydrogen) atoms. The number of hydrogen-bond donors (Lipinski definition) is 2. The molecule has 1 fully saturated rings. The summed E-state index contributed by atoms with van der Waals surface area (Å²) in [6.07, 6.45) is 5.36. The molecule has 10 heteroatoms. The van der Waals surface area contributed by atoms with Gasteiger partial charge in [0.1, 0.15) is 18.4 Å². The van der Waals surface area contributed by atoms with E-state index in [-0.39, 0.29) is 22.7 Å². The molecule has 1 saturated heterocycles. The van der Waals surface area contributed by atoms with E-state index in [1.165, 1.54) is 18.5 Å². The summed E-state index contributed by atoms with van der Waals surface area (Å²) in [7, 11) is 2.02. The number of carbonyl (C=O) groups excluding carboxylic acids is 1. The Bertz CT molecular complexity index is 882. The lowest BCUT2D eigenvalue weighted by Gasteiger charge is -2.38. The standard InChI is InChI=1S/C21H27ClF2N6O/c1-29(6-2-4-16(12-31)28-17-9-14(22)8-15(23)10-17)18-5-3-7-30(11-18)21-19(24)20(25)26-13-27-21/h8-10,12-13,16,18,28H,2-7,11H2,1H3,(H2,25,26,27). The number of nitrogens with zero attached hydrogens (tertiary/aromatic N) is 4. The Morgan fingerprint density at radius 3 is 2.94 bits per heavy atom. The predicted octanol–water partition coefficient (Wildman–Crippen LogP) is 3.35. The number of nitrogens with one attached hydrogen (secondary N) is 1. The third-order valence-electron chi connectivity index (χ3n) is 5.52. The molecule has 3 rings (SSSR count). The number of carbonyl (C=O) groups is 1. The summed E-state index contributed by atoms with van der Waals surface area (Å²) < 4.78 is 27.8. The Labute approximate surface area is 185 Å². The first-order valence-electron chi connectivity index (χ1n) is 10.3. The molecule has 1 aromatic carbocycles. The maximum atomic E-state index is 14.3. The Morgan fingerprint density at radius 1 is 1.39 bits per heavy atom. The van der Waals surface area contributed by atoms with E-state index >= 15 is 0 Å². The molecule has 3 N–H and O–H groups in total. The van der Waals surface area contributed by atoms with Gasteiger partial charge in [0.05, 0.1) is 6.04 Å². The van der Waals surface area contributed by atoms with Gasteiger partial charge in [0, 0.05) is 29.8 Å². The quantitative estimate of drug-likeness (QED) is 0.564. The Balaban J connectivity index is 1.50. The molecule has 7 nitrogen and oxygen atoms in total. The normalized spacial score (nSPS) is 17.6. The number of aldehydes is 1. The van der Waals surface area contributed by atoms with Gasteiger partial charge in [-0.05, 0) is 57.5 Å². The van der Waals surface area contributed by atoms with Crippen LogP contribution in [0.15, 0.2) is 24.5 Å². The summed E-state index contributed by atoms with van der Waals surface area (Å²) in [4.78, 5) is 23.3. The summed E-state index contributed by atoms with van der Waals surface area (Å²) in [6, 6.07) is 3.90. The highest BCUT2D eigenvalue weighted by Crippen LogP contribution is 2.25. The van der Waals surface area contributed by atoms with Crippen LogP contribution < -0.4 is 16.0 Å². The van der Waals surface area contributed by atoms with Crippen LogP contribution in [-0.2, 0) is 4.79 Å². The number of anilines is 3. The maximum absolute atomic E-state index is 14.3. The zero-order valence-corrected chi connectivity index (χ0v) is 18.2. The molecule has 0 amide bonds. The number of aromatic nitrogens is 2. The smallest absolute Gasteiger partial charge is 0.207 e. The number of benzene rings is 1. The fraction of sp³-hybridized carbons (Fsp3) is 0.476. The van der Waals surface area contributed by atoms with Crippen LogP contribution in [0.25, 0.3) is 0 Å². The van der Waals surface area contributed by atoms with Crippen molar-refractivity contribution in [3.05, 3.63) is 41.2 Å². The summed E-state index contributed by atoms with van der Waals surface area (Å²) in [5.41, 5.74) is 6.05. The lowest BCUT2D eigenvalue weighted by molar-refractivity contribution is -0.108. The summed E-state index contributed by atoms with van der Waals surface area (Å²) >= 11 is 5.87. The minimum absolute atomic E-state index is 0.146. The highest BCUT2D eigenvalue weighted by atomic mass is 35.5. The Kier molecular flexibility index (Phi) is 7.97. The van der Waals surface area contributed by atoms with E-state index < -0.39 is 17.7 Å². The first kappa shape index (κ1) is 23.1. The Morgan fingerprint density at radius 2 is 2.19 bits per heavy atom. The van der Waals surface area contributed by atoms with E-state index in [1.54, 1.807) is 6.07 Å². The molecule has 1 aromatic heterocycles. The third kappa shape index (κ3) is 6.24. The van der Waals surface area contributed by atoms with E-state index in [9.17, 15) is 13.6 Å². The molecule has 1 aliphatic rings. The number of nitrogens with two attached hydrogens (primary N) is 1. The van der Waals surface area contributed by atoms with Crippen molar-refractivity contribution in [2.75, 3.05) is 42.6 Å². The van der Waals surface area contributed by atoms with Crippen molar-refractivity contribution >= 4 is 35.2 Å². The number of halogens is 3. The van der Waals surface area contributed by atoms with Crippen molar-refractivity contribution in [3.8, 4) is 0 Å². The van der Waals surface area contributed by atoms with E-state index in [0.29, 0.717) is 25.2 Å². The Hall–Kier alpha value is -2.52. The first-order valence-corrected chi connectivity index (χ1v) is 10.6. The van der Waals surface area contributed by atoms with Gasteiger partial charge in [-0.2, -0.15) is 4.39 Å². The number of nitrogen functional groups attached to an aromatic ring is 1. The predicted molar refractivity (Wildman–Crippen MR) is 118 cm³/mol. The van der Waals surface area contributed by atoms with Crippen LogP contribution in [0.5, 0.6) is 0 Å². The van der Waals surface area contributed by atoms with Crippen LogP contribution in [0.4, 0.5) is 26.1 Å². The number of piperidine rings is 1. The third-order valence-corrected chi connectivity index (χ3v) is 5.74. The molecule has 2 unspecified atom stereocenters. The zero-order valence-electron chi connectivity index (χ0n) is 17.4. The van der Waals surface area contributed by atoms with E-state index in [2.05, 4.69) is 20.2 Å². The van der Waals surface area contributed by atoms with Crippen LogP contribution in [0.3, 0.4) is 0 Å². The second kappa shape index (κ2) is 10.7. The van der Waals surface area contributed by atoms with Crippen molar-refractivity contribution in [3.63, 3.8) is 0 Å². The van der Waals surface area contributed by atoms with Gasteiger partial charge in [0.25, 0.3) is 0 Å². The van der Waals surface area contributed by atoms with Gasteiger partial charge in [-0.15, -0.1) is 0 Å². The van der Waals surface area contributed by atoms with Crippen molar-refractivity contribution in [1.29, 1.82) is 0 Å². The SMILES string of the molecule is CN(CCCC(C=O)Nc1cc(F)cc(Cl)c1)C1CCCN(c2ncnc(N)c2F)C1. The highest BCUT2D eigenvalue weighted by molar-refractivity contribution is 6.30. The highest BCUT2D eigenvalue weighted by Gasteiger charge is 2.26. The van der Waals surface area contributed by atoms with Crippen molar-refractivity contribution in [1.82, 2.24) is 14.9 Å². The zero-order chi connectivity index (χ0) is 22.4. The molecule has 2 heterocycles. The van der Waals surface area contributed by atoms with E-state index in [4.69, 9.17) is 17.3 Å². The van der Waals surface area contributed by atoms with Crippen molar-refractivity contribution in [2.24, 2.45) is 0 Å². The first-order chi connectivity index (χ1) is 14.9. The molecule has 0 radical (unpaired) electrons. The van der Waals surface area contributed by atoms with Gasteiger partial charge in [0.15, 0.2) is 11.6 Å². The van der Waals surface area contributed by atoms with Crippen molar-refractivity contribution in [2.45, 2.75) is 37.8 Å². The number of likely N-dealkylation sites (N-methyl/N-ethyl adjacent to an activating group) is 1. The molecule has 0 aliphatic carbocycles. The van der Waals surface area contributed by atoms with Gasteiger partial charge < -0.3 is 25.6 Å². The van der Waals surface area contributed by atoms with Crippen LogP contribution in [0.2, 0.25) is 5.02 Å². The molecular weight excluding hydrogens is 426 g/mol. The summed E-state index contributed by atoms with van der Waals surface area (Å²) in [5.74, 6) is -0.941. The molecular formula is C21H27ClF2N6O. The number of rotatable bonds is 9. The largest absolute Gasteiger partial charge is 0.381 e. The van der Waals surface area contributed by atoms with Crippen molar-refractivity contribution < 1.29 is 13.6 Å². The minimum atomic E-state index is -0.580. The molecule has 168 valence electrons. The van der Waals surface area contributed by atoms with Gasteiger partial charge in [-0.25, -0.2) is 14.4 Å². The molecule has 0 bridgehead atoms. The fourth-order valence-corrected chi connectivity index (χ4v) is 4.09. The molecule has 1 aliphatic heterocycles.